The third-order valence-corrected chi connectivity index (χ3v) is 7.55. The first kappa shape index (κ1) is 33.6. The molecule has 0 aromatic heterocycles. The minimum Gasteiger partial charge on any atom is -0.457 e. The zero-order valence-corrected chi connectivity index (χ0v) is 26.7. The van der Waals surface area contributed by atoms with Gasteiger partial charge in [-0.05, 0) is 97.1 Å². The topological polar surface area (TPSA) is 130 Å². The molecule has 248 valence electrons. The predicted molar refractivity (Wildman–Crippen MR) is 186 cm³/mol. The Morgan fingerprint density at radius 1 is 0.275 bits per heavy atom. The molecule has 0 spiro atoms. The van der Waals surface area contributed by atoms with Gasteiger partial charge in [-0.3, -0.25) is 19.2 Å². The van der Waals surface area contributed by atoms with Gasteiger partial charge in [0.05, 0.1) is 11.1 Å². The number of ketones is 4. The average Bonchev–Trinajstić information content (AvgIpc) is 3.18. The number of Topliss-reactive ketones (excluding diaryl/α,β-unsaturated/α-hetero) is 4. The van der Waals surface area contributed by atoms with Gasteiger partial charge in [-0.15, -0.1) is 0 Å². The molecule has 6 aromatic rings. The summed E-state index contributed by atoms with van der Waals surface area (Å²) in [5.41, 5.74) is 1.43. The molecule has 9 nitrogen and oxygen atoms in total. The van der Waals surface area contributed by atoms with E-state index in [1.54, 1.807) is 84.9 Å². The molecule has 0 atom stereocenters. The molecule has 0 unspecified atom stereocenters. The summed E-state index contributed by atoms with van der Waals surface area (Å²) in [6, 6.07) is 40.3. The van der Waals surface area contributed by atoms with Crippen molar-refractivity contribution >= 4 is 35.1 Å². The van der Waals surface area contributed by atoms with Gasteiger partial charge in [0, 0.05) is 22.3 Å². The lowest BCUT2D eigenvalue weighted by Crippen LogP contribution is -2.14. The molecule has 0 N–H and O–H groups in total. The molecule has 0 saturated heterocycles. The van der Waals surface area contributed by atoms with Gasteiger partial charge >= 0.3 is 11.9 Å². The number of carbonyl (C=O) groups excluding carboxylic acids is 6. The van der Waals surface area contributed by atoms with Crippen molar-refractivity contribution in [3.8, 4) is 23.0 Å². The van der Waals surface area contributed by atoms with Crippen LogP contribution in [-0.4, -0.2) is 35.1 Å². The molecule has 0 fully saturated rings. The van der Waals surface area contributed by atoms with E-state index in [2.05, 4.69) is 0 Å². The number of carbonyl (C=O) groups is 6. The number of esters is 2. The molecule has 9 heteroatoms. The second-order valence-corrected chi connectivity index (χ2v) is 11.0. The molecule has 0 radical (unpaired) electrons. The predicted octanol–water partition coefficient (Wildman–Crippen LogP) is 8.05. The van der Waals surface area contributed by atoms with Gasteiger partial charge in [-0.25, -0.2) is 9.59 Å². The molecular weight excluding hydrogens is 648 g/mol. The Bertz CT molecular complexity index is 2060. The Morgan fingerprint density at radius 2 is 0.529 bits per heavy atom. The molecule has 0 aliphatic rings. The van der Waals surface area contributed by atoms with Gasteiger partial charge in [0.1, 0.15) is 23.0 Å². The molecule has 0 heterocycles. The van der Waals surface area contributed by atoms with Crippen molar-refractivity contribution in [1.82, 2.24) is 0 Å². The Hall–Kier alpha value is -7.26. The molecule has 0 amide bonds. The smallest absolute Gasteiger partial charge is 0.343 e. The maximum Gasteiger partial charge on any atom is 0.343 e. The third-order valence-electron chi connectivity index (χ3n) is 7.55. The number of benzene rings is 6. The summed E-state index contributed by atoms with van der Waals surface area (Å²) in [7, 11) is 0. The summed E-state index contributed by atoms with van der Waals surface area (Å²) in [5, 5.41) is 0. The number of hydrogen-bond acceptors (Lipinski definition) is 9. The van der Waals surface area contributed by atoms with E-state index in [4.69, 9.17) is 14.2 Å². The van der Waals surface area contributed by atoms with Crippen LogP contribution in [0, 0.1) is 0 Å². The fourth-order valence-corrected chi connectivity index (χ4v) is 4.84. The molecule has 0 aliphatic carbocycles. The van der Waals surface area contributed by atoms with Crippen molar-refractivity contribution < 1.29 is 43.0 Å². The van der Waals surface area contributed by atoms with E-state index in [1.165, 1.54) is 72.8 Å². The molecular formula is C42H26O9. The van der Waals surface area contributed by atoms with Gasteiger partial charge in [-0.1, -0.05) is 60.7 Å². The standard InChI is InChI=1S/C42H26O9/c43-37(27-7-3-1-4-8-27)39(45)29-11-19-35(20-12-29)50-41(47)31-15-23-33(24-16-31)49-34-25-17-32(18-26-34)42(48)51-36-21-13-30(14-22-36)40(46)38(44)28-9-5-2-6-10-28/h1-26H. The zero-order valence-electron chi connectivity index (χ0n) is 26.7. The molecule has 0 bridgehead atoms. The highest BCUT2D eigenvalue weighted by Gasteiger charge is 2.20. The Balaban J connectivity index is 0.993. The van der Waals surface area contributed by atoms with Crippen LogP contribution in [0.1, 0.15) is 62.1 Å². The summed E-state index contributed by atoms with van der Waals surface area (Å²) in [6.07, 6.45) is 0. The minimum absolute atomic E-state index is 0.175. The molecule has 6 rings (SSSR count). The number of rotatable bonds is 12. The van der Waals surface area contributed by atoms with Crippen LogP contribution in [0.25, 0.3) is 0 Å². The van der Waals surface area contributed by atoms with Crippen molar-refractivity contribution in [1.29, 1.82) is 0 Å². The van der Waals surface area contributed by atoms with Crippen LogP contribution < -0.4 is 14.2 Å². The number of ether oxygens (including phenoxy) is 3. The largest absolute Gasteiger partial charge is 0.457 e. The van der Waals surface area contributed by atoms with Gasteiger partial charge in [0.25, 0.3) is 0 Å². The van der Waals surface area contributed by atoms with Gasteiger partial charge in [0.2, 0.25) is 23.1 Å². The van der Waals surface area contributed by atoms with Gasteiger partial charge in [0.15, 0.2) is 0 Å². The molecule has 51 heavy (non-hydrogen) atoms. The minimum atomic E-state index is -0.666. The first-order chi connectivity index (χ1) is 24.7. The lowest BCUT2D eigenvalue weighted by atomic mass is 10.0. The maximum absolute atomic E-state index is 12.7. The first-order valence-corrected chi connectivity index (χ1v) is 15.6. The Kier molecular flexibility index (Phi) is 10.1. The summed E-state index contributed by atoms with van der Waals surface area (Å²) in [6.45, 7) is 0. The third kappa shape index (κ3) is 8.25. The highest BCUT2D eigenvalue weighted by Crippen LogP contribution is 2.24. The van der Waals surface area contributed by atoms with E-state index in [0.29, 0.717) is 11.5 Å². The van der Waals surface area contributed by atoms with Crippen molar-refractivity contribution in [2.24, 2.45) is 0 Å². The van der Waals surface area contributed by atoms with E-state index in [-0.39, 0.29) is 44.9 Å². The van der Waals surface area contributed by atoms with E-state index < -0.39 is 35.1 Å². The lowest BCUT2D eigenvalue weighted by Gasteiger charge is -2.09. The normalized spacial score (nSPS) is 10.4. The molecule has 0 aliphatic heterocycles. The summed E-state index contributed by atoms with van der Waals surface area (Å²) < 4.78 is 16.7. The van der Waals surface area contributed by atoms with Crippen LogP contribution in [0.2, 0.25) is 0 Å². The van der Waals surface area contributed by atoms with Crippen LogP contribution >= 0.6 is 0 Å². The van der Waals surface area contributed by atoms with E-state index >= 15 is 0 Å². The fourth-order valence-electron chi connectivity index (χ4n) is 4.84. The van der Waals surface area contributed by atoms with E-state index in [0.717, 1.165) is 0 Å². The van der Waals surface area contributed by atoms with E-state index in [9.17, 15) is 28.8 Å². The van der Waals surface area contributed by atoms with Crippen molar-refractivity contribution in [2.45, 2.75) is 0 Å². The average molecular weight is 675 g/mol. The Morgan fingerprint density at radius 3 is 0.843 bits per heavy atom. The van der Waals surface area contributed by atoms with Crippen molar-refractivity contribution in [2.75, 3.05) is 0 Å². The summed E-state index contributed by atoms with van der Waals surface area (Å²) in [5.74, 6) is -2.61. The summed E-state index contributed by atoms with van der Waals surface area (Å²) >= 11 is 0. The van der Waals surface area contributed by atoms with Gasteiger partial charge < -0.3 is 14.2 Å². The van der Waals surface area contributed by atoms with Gasteiger partial charge in [-0.2, -0.15) is 0 Å². The molecule has 0 saturated carbocycles. The number of hydrogen-bond donors (Lipinski definition) is 0. The van der Waals surface area contributed by atoms with Crippen molar-refractivity contribution in [3.63, 3.8) is 0 Å². The highest BCUT2D eigenvalue weighted by atomic mass is 16.5. The molecule has 6 aromatic carbocycles. The van der Waals surface area contributed by atoms with Crippen LogP contribution in [0.5, 0.6) is 23.0 Å². The second kappa shape index (κ2) is 15.3. The second-order valence-electron chi connectivity index (χ2n) is 11.0. The zero-order chi connectivity index (χ0) is 35.7. The lowest BCUT2D eigenvalue weighted by molar-refractivity contribution is 0.0725. The van der Waals surface area contributed by atoms with Crippen LogP contribution in [0.15, 0.2) is 158 Å². The van der Waals surface area contributed by atoms with Crippen LogP contribution in [0.4, 0.5) is 0 Å². The van der Waals surface area contributed by atoms with Crippen molar-refractivity contribution in [3.05, 3.63) is 191 Å². The van der Waals surface area contributed by atoms with Crippen LogP contribution in [-0.2, 0) is 0 Å². The Labute approximate surface area is 291 Å². The van der Waals surface area contributed by atoms with Crippen LogP contribution in [0.3, 0.4) is 0 Å². The fraction of sp³-hybridized carbons (Fsp3) is 0. The monoisotopic (exact) mass is 674 g/mol. The summed E-state index contributed by atoms with van der Waals surface area (Å²) in [4.78, 5) is 75.3. The quantitative estimate of drug-likeness (QED) is 0.0548. The SMILES string of the molecule is O=C(Oc1ccc(C(=O)C(=O)c2ccccc2)cc1)c1ccc(Oc2ccc(C(=O)Oc3ccc(C(=O)C(=O)c4ccccc4)cc3)cc2)cc1. The van der Waals surface area contributed by atoms with E-state index in [1.807, 2.05) is 0 Å². The highest BCUT2D eigenvalue weighted by molar-refractivity contribution is 6.49. The first-order valence-electron chi connectivity index (χ1n) is 15.6. The maximum atomic E-state index is 12.7.